The predicted octanol–water partition coefficient (Wildman–Crippen LogP) is 3.35. The van der Waals surface area contributed by atoms with Gasteiger partial charge in [-0.15, -0.1) is 11.8 Å². The summed E-state index contributed by atoms with van der Waals surface area (Å²) in [5.41, 5.74) is 1.13. The number of carbonyl (C=O) groups is 1. The first-order valence-corrected chi connectivity index (χ1v) is 7.89. The Bertz CT molecular complexity index is 415. The van der Waals surface area contributed by atoms with Crippen molar-refractivity contribution in [3.8, 4) is 0 Å². The Kier molecular flexibility index (Phi) is 4.70. The van der Waals surface area contributed by atoms with Gasteiger partial charge in [-0.25, -0.2) is 0 Å². The van der Waals surface area contributed by atoms with E-state index in [0.717, 1.165) is 18.5 Å². The second-order valence-electron chi connectivity index (χ2n) is 4.85. The van der Waals surface area contributed by atoms with E-state index in [-0.39, 0.29) is 5.91 Å². The summed E-state index contributed by atoms with van der Waals surface area (Å²) in [5, 5.41) is 0. The second kappa shape index (κ2) is 6.28. The molecule has 1 aliphatic carbocycles. The van der Waals surface area contributed by atoms with Crippen LogP contribution in [0.2, 0.25) is 0 Å². The van der Waals surface area contributed by atoms with Gasteiger partial charge in [0.25, 0.3) is 0 Å². The van der Waals surface area contributed by atoms with Crippen LogP contribution in [0, 0.1) is 0 Å². The molecule has 1 aromatic carbocycles. The lowest BCUT2D eigenvalue weighted by molar-refractivity contribution is -0.131. The minimum Gasteiger partial charge on any atom is -0.339 e. The van der Waals surface area contributed by atoms with E-state index < -0.39 is 0 Å². The molecule has 3 heteroatoms. The summed E-state index contributed by atoms with van der Waals surface area (Å²) in [4.78, 5) is 15.6. The molecule has 2 rings (SSSR count). The number of hydrogen-bond acceptors (Lipinski definition) is 2. The first-order chi connectivity index (χ1) is 8.74. The average Bonchev–Trinajstić information content (AvgIpc) is 3.20. The maximum Gasteiger partial charge on any atom is 0.227 e. The Balaban J connectivity index is 2.00. The van der Waals surface area contributed by atoms with Crippen LogP contribution < -0.4 is 0 Å². The third-order valence-electron chi connectivity index (χ3n) is 3.26. The van der Waals surface area contributed by atoms with E-state index in [2.05, 4.69) is 36.3 Å². The lowest BCUT2D eigenvalue weighted by Crippen LogP contribution is -2.34. The van der Waals surface area contributed by atoms with Crippen molar-refractivity contribution in [1.82, 2.24) is 4.90 Å². The van der Waals surface area contributed by atoms with E-state index in [9.17, 15) is 4.79 Å². The Morgan fingerprint density at radius 1 is 1.44 bits per heavy atom. The molecular formula is C15H21NOS. The van der Waals surface area contributed by atoms with E-state index in [0.29, 0.717) is 12.5 Å². The summed E-state index contributed by atoms with van der Waals surface area (Å²) < 4.78 is 0. The molecule has 2 nitrogen and oxygen atoms in total. The molecule has 0 heterocycles. The van der Waals surface area contributed by atoms with Gasteiger partial charge in [0.1, 0.15) is 0 Å². The summed E-state index contributed by atoms with van der Waals surface area (Å²) in [5.74, 6) is 0.289. The van der Waals surface area contributed by atoms with Crippen LogP contribution in [0.1, 0.15) is 31.7 Å². The van der Waals surface area contributed by atoms with Gasteiger partial charge >= 0.3 is 0 Å². The lowest BCUT2D eigenvalue weighted by Gasteiger charge is -2.21. The topological polar surface area (TPSA) is 20.3 Å². The summed E-state index contributed by atoms with van der Waals surface area (Å²) in [7, 11) is 0. The molecular weight excluding hydrogens is 242 g/mol. The normalized spacial score (nSPS) is 14.6. The molecule has 0 aliphatic heterocycles. The summed E-state index contributed by atoms with van der Waals surface area (Å²) >= 11 is 1.72. The zero-order valence-corrected chi connectivity index (χ0v) is 12.0. The Labute approximate surface area is 114 Å². The average molecular weight is 263 g/mol. The standard InChI is InChI=1S/C15H21NOS/c1-3-9-16(13-7-8-13)15(17)11-12-5-4-6-14(10-12)18-2/h4-6,10,13H,3,7-9,11H2,1-2H3. The Morgan fingerprint density at radius 3 is 2.83 bits per heavy atom. The maximum atomic E-state index is 12.3. The number of rotatable bonds is 6. The molecule has 1 aromatic rings. The van der Waals surface area contributed by atoms with Crippen molar-refractivity contribution >= 4 is 17.7 Å². The van der Waals surface area contributed by atoms with Crippen LogP contribution in [0.25, 0.3) is 0 Å². The molecule has 0 radical (unpaired) electrons. The van der Waals surface area contributed by atoms with Gasteiger partial charge in [-0.1, -0.05) is 19.1 Å². The molecule has 1 amide bonds. The number of amides is 1. The van der Waals surface area contributed by atoms with Gasteiger partial charge in [0.05, 0.1) is 6.42 Å². The fourth-order valence-electron chi connectivity index (χ4n) is 2.20. The van der Waals surface area contributed by atoms with Crippen LogP contribution >= 0.6 is 11.8 Å². The highest BCUT2D eigenvalue weighted by Gasteiger charge is 2.31. The Hall–Kier alpha value is -0.960. The highest BCUT2D eigenvalue weighted by atomic mass is 32.2. The van der Waals surface area contributed by atoms with E-state index in [1.807, 2.05) is 6.07 Å². The van der Waals surface area contributed by atoms with Crippen LogP contribution in [0.15, 0.2) is 29.2 Å². The van der Waals surface area contributed by atoms with Crippen LogP contribution in [0.5, 0.6) is 0 Å². The molecule has 1 saturated carbocycles. The molecule has 0 unspecified atom stereocenters. The van der Waals surface area contributed by atoms with Crippen LogP contribution in [-0.4, -0.2) is 29.6 Å². The number of hydrogen-bond donors (Lipinski definition) is 0. The fraction of sp³-hybridized carbons (Fsp3) is 0.533. The zero-order chi connectivity index (χ0) is 13.0. The third-order valence-corrected chi connectivity index (χ3v) is 3.99. The van der Waals surface area contributed by atoms with Crippen LogP contribution in [0.4, 0.5) is 0 Å². The number of carbonyl (C=O) groups excluding carboxylic acids is 1. The molecule has 0 bridgehead atoms. The SMILES string of the molecule is CCCN(C(=O)Cc1cccc(SC)c1)C1CC1. The highest BCUT2D eigenvalue weighted by Crippen LogP contribution is 2.27. The van der Waals surface area contributed by atoms with Gasteiger partial charge in [-0.3, -0.25) is 4.79 Å². The largest absolute Gasteiger partial charge is 0.339 e. The van der Waals surface area contributed by atoms with E-state index in [1.54, 1.807) is 11.8 Å². The molecule has 0 atom stereocenters. The Morgan fingerprint density at radius 2 is 2.22 bits per heavy atom. The smallest absolute Gasteiger partial charge is 0.227 e. The molecule has 1 fully saturated rings. The maximum absolute atomic E-state index is 12.3. The zero-order valence-electron chi connectivity index (χ0n) is 11.2. The lowest BCUT2D eigenvalue weighted by atomic mass is 10.1. The van der Waals surface area contributed by atoms with E-state index in [4.69, 9.17) is 0 Å². The summed E-state index contributed by atoms with van der Waals surface area (Å²) in [6.07, 6.45) is 6.04. The van der Waals surface area contributed by atoms with E-state index >= 15 is 0 Å². The molecule has 18 heavy (non-hydrogen) atoms. The number of thioether (sulfide) groups is 1. The molecule has 0 spiro atoms. The molecule has 0 N–H and O–H groups in total. The van der Waals surface area contributed by atoms with Crippen LogP contribution in [0.3, 0.4) is 0 Å². The number of nitrogens with zero attached hydrogens (tertiary/aromatic N) is 1. The minimum atomic E-state index is 0.289. The monoisotopic (exact) mass is 263 g/mol. The molecule has 0 saturated heterocycles. The highest BCUT2D eigenvalue weighted by molar-refractivity contribution is 7.98. The predicted molar refractivity (Wildman–Crippen MR) is 77.0 cm³/mol. The van der Waals surface area contributed by atoms with Gasteiger partial charge in [0, 0.05) is 17.5 Å². The first-order valence-electron chi connectivity index (χ1n) is 6.67. The minimum absolute atomic E-state index is 0.289. The van der Waals surface area contributed by atoms with Crippen molar-refractivity contribution in [2.24, 2.45) is 0 Å². The van der Waals surface area contributed by atoms with Crippen LogP contribution in [-0.2, 0) is 11.2 Å². The second-order valence-corrected chi connectivity index (χ2v) is 5.73. The van der Waals surface area contributed by atoms with Crippen molar-refractivity contribution in [2.45, 2.75) is 43.5 Å². The van der Waals surface area contributed by atoms with Gasteiger partial charge in [-0.05, 0) is 43.2 Å². The first kappa shape index (κ1) is 13.5. The van der Waals surface area contributed by atoms with Gasteiger partial charge in [0.2, 0.25) is 5.91 Å². The number of benzene rings is 1. The van der Waals surface area contributed by atoms with Crippen molar-refractivity contribution in [1.29, 1.82) is 0 Å². The summed E-state index contributed by atoms with van der Waals surface area (Å²) in [6, 6.07) is 8.83. The third kappa shape index (κ3) is 3.52. The fourth-order valence-corrected chi connectivity index (χ4v) is 2.68. The quantitative estimate of drug-likeness (QED) is 0.734. The van der Waals surface area contributed by atoms with Gasteiger partial charge in [0.15, 0.2) is 0 Å². The summed E-state index contributed by atoms with van der Waals surface area (Å²) in [6.45, 7) is 3.04. The van der Waals surface area contributed by atoms with E-state index in [1.165, 1.54) is 17.7 Å². The van der Waals surface area contributed by atoms with Crippen molar-refractivity contribution in [3.63, 3.8) is 0 Å². The van der Waals surface area contributed by atoms with Gasteiger partial charge < -0.3 is 4.90 Å². The molecule has 98 valence electrons. The molecule has 1 aliphatic rings. The van der Waals surface area contributed by atoms with Gasteiger partial charge in [-0.2, -0.15) is 0 Å². The molecule has 0 aromatic heterocycles. The van der Waals surface area contributed by atoms with Crippen molar-refractivity contribution < 1.29 is 4.79 Å². The van der Waals surface area contributed by atoms with Crippen molar-refractivity contribution in [2.75, 3.05) is 12.8 Å². The van der Waals surface area contributed by atoms with Crippen molar-refractivity contribution in [3.05, 3.63) is 29.8 Å².